The third-order valence-electron chi connectivity index (χ3n) is 2.77. The lowest BCUT2D eigenvalue weighted by Crippen LogP contribution is -2.23. The minimum absolute atomic E-state index is 0.125. The van der Waals surface area contributed by atoms with E-state index in [1.165, 1.54) is 12.1 Å². The Morgan fingerprint density at radius 3 is 2.78 bits per heavy atom. The Morgan fingerprint density at radius 2 is 2.17 bits per heavy atom. The number of carbonyl (C=O) groups excluding carboxylic acids is 1. The first-order chi connectivity index (χ1) is 8.52. The van der Waals surface area contributed by atoms with E-state index in [0.29, 0.717) is 11.3 Å². The first kappa shape index (κ1) is 12.1. The summed E-state index contributed by atoms with van der Waals surface area (Å²) in [6, 6.07) is 4.68. The number of amides is 1. The van der Waals surface area contributed by atoms with Crippen molar-refractivity contribution in [1.82, 2.24) is 14.9 Å². The van der Waals surface area contributed by atoms with Gasteiger partial charge in [-0.1, -0.05) is 0 Å². The van der Waals surface area contributed by atoms with Gasteiger partial charge in [0.05, 0.1) is 16.6 Å². The van der Waals surface area contributed by atoms with Crippen LogP contribution in [0.5, 0.6) is 0 Å². The number of hydrogen-bond donors (Lipinski definition) is 2. The molecule has 1 amide bonds. The summed E-state index contributed by atoms with van der Waals surface area (Å²) in [7, 11) is 1.57. The highest BCUT2D eigenvalue weighted by Crippen LogP contribution is 2.17. The zero-order valence-corrected chi connectivity index (χ0v) is 10.1. The molecule has 0 aliphatic rings. The molecule has 0 fully saturated rings. The minimum Gasteiger partial charge on any atom is -0.478 e. The molecule has 0 aliphatic heterocycles. The van der Waals surface area contributed by atoms with Crippen LogP contribution in [-0.4, -0.2) is 33.6 Å². The van der Waals surface area contributed by atoms with Crippen LogP contribution in [0.1, 0.15) is 16.2 Å². The summed E-state index contributed by atoms with van der Waals surface area (Å²) in [6.45, 7) is 1.95. The Bertz CT molecular complexity index is 631. The minimum atomic E-state index is -0.990. The number of fused-ring (bicyclic) bond motifs is 1. The van der Waals surface area contributed by atoms with Crippen molar-refractivity contribution in [3.05, 3.63) is 29.6 Å². The van der Waals surface area contributed by atoms with E-state index in [1.807, 2.05) is 0 Å². The van der Waals surface area contributed by atoms with Crippen LogP contribution in [-0.2, 0) is 11.3 Å². The molecule has 0 bridgehead atoms. The third kappa shape index (κ3) is 2.04. The van der Waals surface area contributed by atoms with Crippen molar-refractivity contribution in [2.75, 3.05) is 7.05 Å². The first-order valence-corrected chi connectivity index (χ1v) is 5.43. The number of likely N-dealkylation sites (N-methyl/N-ethyl adjacent to an activating group) is 1. The van der Waals surface area contributed by atoms with Gasteiger partial charge in [-0.25, -0.2) is 9.78 Å². The quantitative estimate of drug-likeness (QED) is 0.839. The molecule has 1 aromatic carbocycles. The number of carbonyl (C=O) groups is 2. The van der Waals surface area contributed by atoms with Crippen LogP contribution in [0, 0.1) is 6.92 Å². The molecule has 2 N–H and O–H groups in total. The van der Waals surface area contributed by atoms with Gasteiger partial charge in [0, 0.05) is 7.05 Å². The molecule has 1 heterocycles. The number of aromatic nitrogens is 2. The van der Waals surface area contributed by atoms with Gasteiger partial charge < -0.3 is 15.0 Å². The molecule has 0 atom stereocenters. The van der Waals surface area contributed by atoms with Crippen LogP contribution in [0.4, 0.5) is 0 Å². The number of carboxylic acid groups (broad SMARTS) is 1. The van der Waals surface area contributed by atoms with Crippen molar-refractivity contribution in [3.8, 4) is 0 Å². The molecular weight excluding hydrogens is 234 g/mol. The van der Waals surface area contributed by atoms with Gasteiger partial charge in [0.25, 0.3) is 0 Å². The molecule has 1 aromatic heterocycles. The van der Waals surface area contributed by atoms with E-state index >= 15 is 0 Å². The van der Waals surface area contributed by atoms with Gasteiger partial charge in [-0.2, -0.15) is 0 Å². The van der Waals surface area contributed by atoms with Gasteiger partial charge in [-0.15, -0.1) is 0 Å². The van der Waals surface area contributed by atoms with Gasteiger partial charge in [-0.05, 0) is 25.1 Å². The van der Waals surface area contributed by atoms with E-state index in [0.717, 1.165) is 5.52 Å². The fourth-order valence-electron chi connectivity index (χ4n) is 1.81. The molecule has 6 nitrogen and oxygen atoms in total. The SMILES string of the molecule is CNC(=O)Cn1c(C)nc2cc(C(=O)O)ccc21. The molecule has 2 rings (SSSR count). The smallest absolute Gasteiger partial charge is 0.335 e. The molecule has 0 unspecified atom stereocenters. The molecule has 94 valence electrons. The predicted octanol–water partition coefficient (Wildman–Crippen LogP) is 0.789. The molecule has 6 heteroatoms. The van der Waals surface area contributed by atoms with E-state index in [1.54, 1.807) is 24.6 Å². The summed E-state index contributed by atoms with van der Waals surface area (Å²) in [5.41, 5.74) is 1.52. The highest BCUT2D eigenvalue weighted by atomic mass is 16.4. The van der Waals surface area contributed by atoms with E-state index in [4.69, 9.17) is 5.11 Å². The molecular formula is C12H13N3O3. The van der Waals surface area contributed by atoms with Crippen molar-refractivity contribution in [3.63, 3.8) is 0 Å². The highest BCUT2D eigenvalue weighted by Gasteiger charge is 2.12. The van der Waals surface area contributed by atoms with Crippen molar-refractivity contribution in [2.45, 2.75) is 13.5 Å². The second kappa shape index (κ2) is 4.48. The van der Waals surface area contributed by atoms with Crippen molar-refractivity contribution in [2.24, 2.45) is 0 Å². The summed E-state index contributed by atoms with van der Waals surface area (Å²) >= 11 is 0. The van der Waals surface area contributed by atoms with Crippen LogP contribution in [0.25, 0.3) is 11.0 Å². The van der Waals surface area contributed by atoms with Crippen molar-refractivity contribution >= 4 is 22.9 Å². The lowest BCUT2D eigenvalue weighted by atomic mass is 10.2. The maximum atomic E-state index is 11.4. The zero-order valence-electron chi connectivity index (χ0n) is 10.1. The maximum absolute atomic E-state index is 11.4. The highest BCUT2D eigenvalue weighted by molar-refractivity contribution is 5.92. The summed E-state index contributed by atoms with van der Waals surface area (Å²) in [6.07, 6.45) is 0. The average Bonchev–Trinajstić information content (AvgIpc) is 2.64. The molecule has 0 radical (unpaired) electrons. The number of hydrogen-bond acceptors (Lipinski definition) is 3. The van der Waals surface area contributed by atoms with E-state index < -0.39 is 5.97 Å². The molecule has 0 aliphatic carbocycles. The molecule has 0 saturated heterocycles. The van der Waals surface area contributed by atoms with Crippen LogP contribution >= 0.6 is 0 Å². The number of benzene rings is 1. The monoisotopic (exact) mass is 247 g/mol. The Kier molecular flexibility index (Phi) is 3.01. The Labute approximate surface area is 103 Å². The molecule has 0 saturated carbocycles. The van der Waals surface area contributed by atoms with Crippen molar-refractivity contribution < 1.29 is 14.7 Å². The summed E-state index contributed by atoms with van der Waals surface area (Å²) in [5.74, 6) is -0.439. The fourth-order valence-corrected chi connectivity index (χ4v) is 1.81. The van der Waals surface area contributed by atoms with Crippen LogP contribution in [0.2, 0.25) is 0 Å². The van der Waals surface area contributed by atoms with E-state index in [2.05, 4.69) is 10.3 Å². The Hall–Kier alpha value is -2.37. The predicted molar refractivity (Wildman–Crippen MR) is 65.5 cm³/mol. The van der Waals surface area contributed by atoms with Gasteiger partial charge >= 0.3 is 5.97 Å². The number of nitrogens with zero attached hydrogens (tertiary/aromatic N) is 2. The van der Waals surface area contributed by atoms with Crippen LogP contribution in [0.15, 0.2) is 18.2 Å². The van der Waals surface area contributed by atoms with Crippen molar-refractivity contribution in [1.29, 1.82) is 0 Å². The number of rotatable bonds is 3. The van der Waals surface area contributed by atoms with Gasteiger partial charge in [0.1, 0.15) is 12.4 Å². The number of aryl methyl sites for hydroxylation is 1. The standard InChI is InChI=1S/C12H13N3O3/c1-7-14-9-5-8(12(17)18)3-4-10(9)15(7)6-11(16)13-2/h3-5H,6H2,1-2H3,(H,13,16)(H,17,18). The van der Waals surface area contributed by atoms with Crippen LogP contribution < -0.4 is 5.32 Å². The zero-order chi connectivity index (χ0) is 13.3. The van der Waals surface area contributed by atoms with Gasteiger partial charge in [-0.3, -0.25) is 4.79 Å². The molecule has 0 spiro atoms. The second-order valence-corrected chi connectivity index (χ2v) is 3.93. The normalized spacial score (nSPS) is 10.6. The Morgan fingerprint density at radius 1 is 1.44 bits per heavy atom. The fraction of sp³-hybridized carbons (Fsp3) is 0.250. The third-order valence-corrected chi connectivity index (χ3v) is 2.77. The topological polar surface area (TPSA) is 84.2 Å². The molecule has 18 heavy (non-hydrogen) atoms. The number of imidazole rings is 1. The van der Waals surface area contributed by atoms with E-state index in [-0.39, 0.29) is 18.0 Å². The number of nitrogens with one attached hydrogen (secondary N) is 1. The number of aromatic carboxylic acids is 1. The first-order valence-electron chi connectivity index (χ1n) is 5.43. The summed E-state index contributed by atoms with van der Waals surface area (Å²) in [5, 5.41) is 11.4. The Balaban J connectivity index is 2.52. The maximum Gasteiger partial charge on any atom is 0.335 e. The second-order valence-electron chi connectivity index (χ2n) is 3.93. The van der Waals surface area contributed by atoms with Gasteiger partial charge in [0.2, 0.25) is 5.91 Å². The van der Waals surface area contributed by atoms with E-state index in [9.17, 15) is 9.59 Å². The summed E-state index contributed by atoms with van der Waals surface area (Å²) < 4.78 is 1.75. The van der Waals surface area contributed by atoms with Crippen LogP contribution in [0.3, 0.4) is 0 Å². The molecule has 2 aromatic rings. The summed E-state index contributed by atoms with van der Waals surface area (Å²) in [4.78, 5) is 26.5. The average molecular weight is 247 g/mol. The lowest BCUT2D eigenvalue weighted by molar-refractivity contribution is -0.121. The van der Waals surface area contributed by atoms with Gasteiger partial charge in [0.15, 0.2) is 0 Å². The largest absolute Gasteiger partial charge is 0.478 e. The lowest BCUT2D eigenvalue weighted by Gasteiger charge is -2.05. The number of carboxylic acids is 1.